The van der Waals surface area contributed by atoms with Gasteiger partial charge in [-0.15, -0.1) is 0 Å². The van der Waals surface area contributed by atoms with Crippen molar-refractivity contribution in [3.8, 4) is 23.0 Å². The Morgan fingerprint density at radius 2 is 1.89 bits per heavy atom. The summed E-state index contributed by atoms with van der Waals surface area (Å²) in [6, 6.07) is 5.87. The van der Waals surface area contributed by atoms with Gasteiger partial charge in [-0.25, -0.2) is 18.7 Å². The molecule has 4 aromatic rings. The van der Waals surface area contributed by atoms with E-state index >= 15 is 0 Å². The maximum Gasteiger partial charge on any atom is 0.182 e. The highest BCUT2D eigenvalue weighted by Crippen LogP contribution is 2.44. The maximum atomic E-state index is 14.8. The minimum absolute atomic E-state index is 0.0725. The number of nitrogens with zero attached hydrogens (tertiary/aromatic N) is 5. The second-order valence-corrected chi connectivity index (χ2v) is 8.38. The average Bonchev–Trinajstić information content (AvgIpc) is 3.62. The number of ether oxygens (including phenoxy) is 1. The predicted molar refractivity (Wildman–Crippen MR) is 126 cm³/mol. The SMILES string of the molecule is CCOc1cc(F)c(Cn2nc(-c3ncc(O)c(Nc4ccncc4)n3)c(C)c2C2CC2)c(F)c1. The number of aromatic hydroxyl groups is 1. The molecule has 0 amide bonds. The van der Waals surface area contributed by atoms with Crippen molar-refractivity contribution in [1.29, 1.82) is 0 Å². The molecule has 1 fully saturated rings. The quantitative estimate of drug-likeness (QED) is 0.364. The Morgan fingerprint density at radius 1 is 1.17 bits per heavy atom. The Bertz CT molecular complexity index is 1350. The van der Waals surface area contributed by atoms with E-state index in [9.17, 15) is 13.9 Å². The van der Waals surface area contributed by atoms with E-state index < -0.39 is 11.6 Å². The van der Waals surface area contributed by atoms with E-state index in [0.717, 1.165) is 24.1 Å². The molecule has 3 aromatic heterocycles. The number of nitrogens with one attached hydrogen (secondary N) is 1. The van der Waals surface area contributed by atoms with E-state index in [1.54, 1.807) is 36.1 Å². The largest absolute Gasteiger partial charge is 0.503 e. The lowest BCUT2D eigenvalue weighted by atomic mass is 10.1. The van der Waals surface area contributed by atoms with Gasteiger partial charge in [0, 0.05) is 53.0 Å². The molecule has 8 nitrogen and oxygen atoms in total. The molecule has 35 heavy (non-hydrogen) atoms. The minimum Gasteiger partial charge on any atom is -0.503 e. The number of hydrogen-bond acceptors (Lipinski definition) is 7. The van der Waals surface area contributed by atoms with E-state index in [2.05, 4.69) is 25.4 Å². The third kappa shape index (κ3) is 4.64. The molecule has 2 N–H and O–H groups in total. The lowest BCUT2D eigenvalue weighted by molar-refractivity contribution is 0.335. The zero-order valence-corrected chi connectivity index (χ0v) is 19.3. The molecule has 0 aliphatic heterocycles. The van der Waals surface area contributed by atoms with Crippen molar-refractivity contribution in [2.45, 2.75) is 39.2 Å². The normalized spacial score (nSPS) is 13.1. The van der Waals surface area contributed by atoms with Gasteiger partial charge in [0.05, 0.1) is 19.3 Å². The van der Waals surface area contributed by atoms with Crippen LogP contribution < -0.4 is 10.1 Å². The van der Waals surface area contributed by atoms with Crippen molar-refractivity contribution < 1.29 is 18.6 Å². The van der Waals surface area contributed by atoms with Gasteiger partial charge in [0.15, 0.2) is 17.4 Å². The zero-order chi connectivity index (χ0) is 24.5. The molecule has 0 atom stereocenters. The maximum absolute atomic E-state index is 14.8. The van der Waals surface area contributed by atoms with Crippen LogP contribution >= 0.6 is 0 Å². The molecule has 1 saturated carbocycles. The van der Waals surface area contributed by atoms with E-state index in [1.807, 2.05) is 6.92 Å². The molecule has 180 valence electrons. The Balaban J connectivity index is 1.52. The Hall–Kier alpha value is -4.08. The van der Waals surface area contributed by atoms with Gasteiger partial charge in [-0.3, -0.25) is 9.67 Å². The van der Waals surface area contributed by atoms with Crippen LogP contribution in [0.2, 0.25) is 0 Å². The van der Waals surface area contributed by atoms with Crippen molar-refractivity contribution in [2.75, 3.05) is 11.9 Å². The van der Waals surface area contributed by atoms with Gasteiger partial charge in [0.2, 0.25) is 0 Å². The molecule has 5 rings (SSSR count). The number of aromatic nitrogens is 5. The summed E-state index contributed by atoms with van der Waals surface area (Å²) >= 11 is 0. The molecule has 0 saturated heterocycles. The van der Waals surface area contributed by atoms with Gasteiger partial charge < -0.3 is 15.2 Å². The van der Waals surface area contributed by atoms with Gasteiger partial charge in [0.25, 0.3) is 0 Å². The first kappa shape index (κ1) is 22.7. The number of rotatable bonds is 8. The van der Waals surface area contributed by atoms with Crippen LogP contribution in [-0.4, -0.2) is 36.4 Å². The first-order valence-electron chi connectivity index (χ1n) is 11.4. The Morgan fingerprint density at radius 3 is 2.54 bits per heavy atom. The summed E-state index contributed by atoms with van der Waals surface area (Å²) < 4.78 is 36.4. The predicted octanol–water partition coefficient (Wildman–Crippen LogP) is 5.10. The summed E-state index contributed by atoms with van der Waals surface area (Å²) in [5, 5.41) is 18.0. The highest BCUT2D eigenvalue weighted by atomic mass is 19.1. The molecule has 0 radical (unpaired) electrons. The topological polar surface area (TPSA) is 98.0 Å². The van der Waals surface area contributed by atoms with Crippen LogP contribution in [0.25, 0.3) is 11.5 Å². The van der Waals surface area contributed by atoms with Crippen molar-refractivity contribution in [2.24, 2.45) is 0 Å². The van der Waals surface area contributed by atoms with Crippen LogP contribution in [0.15, 0.2) is 42.9 Å². The number of anilines is 2. The minimum atomic E-state index is -0.686. The highest BCUT2D eigenvalue weighted by molar-refractivity contribution is 5.65. The lowest BCUT2D eigenvalue weighted by Crippen LogP contribution is -2.10. The average molecular weight is 479 g/mol. The standard InChI is InChI=1S/C25H24F2N6O2/c1-3-35-17-10-19(26)18(20(27)11-17)13-33-23(15-4-5-15)14(2)22(32-33)25-29-12-21(34)24(31-25)30-16-6-8-28-9-7-16/h6-12,15,34H,3-5,13H2,1-2H3,(H,28,29,30,31). The summed E-state index contributed by atoms with van der Waals surface area (Å²) in [7, 11) is 0. The van der Waals surface area contributed by atoms with Crippen molar-refractivity contribution in [3.05, 3.63) is 71.3 Å². The van der Waals surface area contributed by atoms with Crippen molar-refractivity contribution in [1.82, 2.24) is 24.7 Å². The summed E-state index contributed by atoms with van der Waals surface area (Å²) in [6.45, 7) is 3.90. The molecule has 1 aliphatic carbocycles. The van der Waals surface area contributed by atoms with E-state index in [1.165, 1.54) is 18.3 Å². The van der Waals surface area contributed by atoms with Crippen LogP contribution in [0.4, 0.5) is 20.3 Å². The number of hydrogen-bond donors (Lipinski definition) is 2. The molecule has 0 bridgehead atoms. The fourth-order valence-corrected chi connectivity index (χ4v) is 4.06. The number of halogens is 2. The summed E-state index contributed by atoms with van der Waals surface area (Å²) in [4.78, 5) is 12.7. The van der Waals surface area contributed by atoms with Crippen molar-refractivity contribution in [3.63, 3.8) is 0 Å². The third-order valence-electron chi connectivity index (χ3n) is 5.86. The fraction of sp³-hybridized carbons (Fsp3) is 0.280. The number of pyridine rings is 1. The first-order chi connectivity index (χ1) is 16.9. The van der Waals surface area contributed by atoms with Crippen molar-refractivity contribution >= 4 is 11.5 Å². The summed E-state index contributed by atoms with van der Waals surface area (Å²) in [6.07, 6.45) is 6.49. The van der Waals surface area contributed by atoms with Crippen LogP contribution in [0.1, 0.15) is 42.5 Å². The van der Waals surface area contributed by atoms with E-state index in [4.69, 9.17) is 4.74 Å². The lowest BCUT2D eigenvalue weighted by Gasteiger charge is -2.11. The molecular formula is C25H24F2N6O2. The fourth-order valence-electron chi connectivity index (χ4n) is 4.06. The first-order valence-corrected chi connectivity index (χ1v) is 11.4. The smallest absolute Gasteiger partial charge is 0.182 e. The molecule has 3 heterocycles. The highest BCUT2D eigenvalue weighted by Gasteiger charge is 2.32. The van der Waals surface area contributed by atoms with E-state index in [-0.39, 0.29) is 35.3 Å². The molecular weight excluding hydrogens is 454 g/mol. The second-order valence-electron chi connectivity index (χ2n) is 8.38. The van der Waals surface area contributed by atoms with Gasteiger partial charge in [-0.2, -0.15) is 5.10 Å². The molecule has 10 heteroatoms. The number of benzene rings is 1. The second kappa shape index (κ2) is 9.28. The Labute approximate surface area is 200 Å². The molecule has 0 unspecified atom stereocenters. The van der Waals surface area contributed by atoms with Gasteiger partial charge in [-0.1, -0.05) is 0 Å². The molecule has 0 spiro atoms. The van der Waals surface area contributed by atoms with E-state index in [0.29, 0.717) is 23.8 Å². The summed E-state index contributed by atoms with van der Waals surface area (Å²) in [5.41, 5.74) is 2.86. The van der Waals surface area contributed by atoms with Gasteiger partial charge in [-0.05, 0) is 38.8 Å². The molecule has 1 aromatic carbocycles. The zero-order valence-electron chi connectivity index (χ0n) is 19.3. The monoisotopic (exact) mass is 478 g/mol. The summed E-state index contributed by atoms with van der Waals surface area (Å²) in [5.74, 6) is -0.570. The van der Waals surface area contributed by atoms with Gasteiger partial charge in [0.1, 0.15) is 23.1 Å². The van der Waals surface area contributed by atoms with Crippen LogP contribution in [-0.2, 0) is 6.54 Å². The Kier molecular flexibility index (Phi) is 6.02. The van der Waals surface area contributed by atoms with Crippen LogP contribution in [0, 0.1) is 18.6 Å². The van der Waals surface area contributed by atoms with Crippen LogP contribution in [0.3, 0.4) is 0 Å². The molecule has 1 aliphatic rings. The van der Waals surface area contributed by atoms with Gasteiger partial charge >= 0.3 is 0 Å². The third-order valence-corrected chi connectivity index (χ3v) is 5.86. The van der Waals surface area contributed by atoms with Crippen LogP contribution in [0.5, 0.6) is 11.5 Å².